The van der Waals surface area contributed by atoms with Crippen LogP contribution < -0.4 is 10.1 Å². The zero-order valence-corrected chi connectivity index (χ0v) is 12.6. The Labute approximate surface area is 128 Å². The van der Waals surface area contributed by atoms with Crippen LogP contribution in [0.4, 0.5) is 0 Å². The van der Waals surface area contributed by atoms with Crippen molar-refractivity contribution in [2.45, 2.75) is 25.8 Å². The molecule has 0 saturated heterocycles. The molecule has 1 fully saturated rings. The Hall–Kier alpha value is -1.75. The largest absolute Gasteiger partial charge is 0.480 e. The minimum absolute atomic E-state index is 0.135. The molecular weight excluding hydrogens is 294 g/mol. The maximum atomic E-state index is 11.6. The molecule has 1 N–H and O–H groups in total. The highest BCUT2D eigenvalue weighted by molar-refractivity contribution is 6.32. The Bertz CT molecular complexity index is 516. The second-order valence-corrected chi connectivity index (χ2v) is 5.48. The molecule has 1 atom stereocenters. The summed E-state index contributed by atoms with van der Waals surface area (Å²) in [4.78, 5) is 23.1. The van der Waals surface area contributed by atoms with Crippen LogP contribution in [0.25, 0.3) is 0 Å². The van der Waals surface area contributed by atoms with Crippen LogP contribution in [0.15, 0.2) is 24.3 Å². The average Bonchev–Trinajstić information content (AvgIpc) is 3.29. The summed E-state index contributed by atoms with van der Waals surface area (Å²) >= 11 is 5.89. The van der Waals surface area contributed by atoms with Gasteiger partial charge < -0.3 is 14.8 Å². The Morgan fingerprint density at radius 3 is 2.71 bits per heavy atom. The summed E-state index contributed by atoms with van der Waals surface area (Å²) in [6.07, 6.45) is 2.29. The fourth-order valence-electron chi connectivity index (χ4n) is 1.90. The Kier molecular flexibility index (Phi) is 5.44. The second kappa shape index (κ2) is 7.31. The van der Waals surface area contributed by atoms with Gasteiger partial charge in [0.2, 0.25) is 0 Å². The number of hydrogen-bond acceptors (Lipinski definition) is 4. The van der Waals surface area contributed by atoms with Crippen molar-refractivity contribution in [1.29, 1.82) is 0 Å². The van der Waals surface area contributed by atoms with Crippen molar-refractivity contribution in [3.8, 4) is 5.75 Å². The molecule has 1 aliphatic rings. The molecule has 0 unspecified atom stereocenters. The number of rotatable bonds is 7. The van der Waals surface area contributed by atoms with Gasteiger partial charge in [0.05, 0.1) is 5.02 Å². The van der Waals surface area contributed by atoms with Crippen LogP contribution in [0.3, 0.4) is 0 Å². The van der Waals surface area contributed by atoms with Crippen LogP contribution in [0.5, 0.6) is 5.75 Å². The second-order valence-electron chi connectivity index (χ2n) is 5.07. The first-order valence-electron chi connectivity index (χ1n) is 6.88. The Morgan fingerprint density at radius 2 is 2.05 bits per heavy atom. The smallest absolute Gasteiger partial charge is 0.344 e. The number of carbonyl (C=O) groups is 2. The number of ether oxygens (including phenoxy) is 2. The number of esters is 1. The number of nitrogens with one attached hydrogen (secondary N) is 1. The fraction of sp³-hybridized carbons (Fsp3) is 0.467. The number of amides is 1. The number of benzene rings is 1. The Morgan fingerprint density at radius 1 is 1.33 bits per heavy atom. The molecule has 6 heteroatoms. The van der Waals surface area contributed by atoms with E-state index in [0.29, 0.717) is 16.7 Å². The molecule has 1 saturated carbocycles. The molecule has 5 nitrogen and oxygen atoms in total. The quantitative estimate of drug-likeness (QED) is 0.784. The first-order valence-corrected chi connectivity index (χ1v) is 7.26. The molecule has 0 radical (unpaired) electrons. The van der Waals surface area contributed by atoms with E-state index in [1.165, 1.54) is 0 Å². The third-order valence-corrected chi connectivity index (χ3v) is 3.58. The van der Waals surface area contributed by atoms with E-state index in [-0.39, 0.29) is 25.2 Å². The van der Waals surface area contributed by atoms with E-state index >= 15 is 0 Å². The number of carbonyl (C=O) groups excluding carboxylic acids is 2. The summed E-state index contributed by atoms with van der Waals surface area (Å²) in [5, 5.41) is 3.22. The van der Waals surface area contributed by atoms with Gasteiger partial charge in [-0.15, -0.1) is 0 Å². The normalized spacial score (nSPS) is 15.1. The van der Waals surface area contributed by atoms with Gasteiger partial charge in [-0.3, -0.25) is 4.79 Å². The molecule has 0 bridgehead atoms. The van der Waals surface area contributed by atoms with Crippen LogP contribution in [-0.4, -0.2) is 31.1 Å². The molecular formula is C15H18ClNO4. The van der Waals surface area contributed by atoms with E-state index in [9.17, 15) is 9.59 Å². The van der Waals surface area contributed by atoms with Crippen molar-refractivity contribution in [3.63, 3.8) is 0 Å². The van der Waals surface area contributed by atoms with Gasteiger partial charge >= 0.3 is 5.97 Å². The first kappa shape index (κ1) is 15.6. The summed E-state index contributed by atoms with van der Waals surface area (Å²) in [7, 11) is 0. The van der Waals surface area contributed by atoms with Crippen molar-refractivity contribution < 1.29 is 19.1 Å². The Balaban J connectivity index is 1.65. The van der Waals surface area contributed by atoms with Gasteiger partial charge in [-0.05, 0) is 37.8 Å². The lowest BCUT2D eigenvalue weighted by molar-refractivity contribution is -0.150. The highest BCUT2D eigenvalue weighted by atomic mass is 35.5. The molecule has 0 aliphatic heterocycles. The minimum atomic E-state index is -0.607. The highest BCUT2D eigenvalue weighted by Crippen LogP contribution is 2.32. The van der Waals surface area contributed by atoms with E-state index in [0.717, 1.165) is 12.8 Å². The third kappa shape index (κ3) is 5.27. The maximum absolute atomic E-state index is 11.6. The monoisotopic (exact) mass is 311 g/mol. The van der Waals surface area contributed by atoms with Crippen molar-refractivity contribution >= 4 is 23.5 Å². The molecule has 0 aromatic heterocycles. The van der Waals surface area contributed by atoms with E-state index in [1.54, 1.807) is 24.3 Å². The average molecular weight is 312 g/mol. The molecule has 1 amide bonds. The van der Waals surface area contributed by atoms with Crippen LogP contribution in [-0.2, 0) is 14.3 Å². The van der Waals surface area contributed by atoms with Gasteiger partial charge in [-0.1, -0.05) is 23.7 Å². The molecule has 0 spiro atoms. The molecule has 1 aromatic carbocycles. The van der Waals surface area contributed by atoms with E-state index in [4.69, 9.17) is 21.1 Å². The zero-order chi connectivity index (χ0) is 15.2. The topological polar surface area (TPSA) is 64.6 Å². The first-order chi connectivity index (χ1) is 10.1. The molecule has 1 aromatic rings. The lowest BCUT2D eigenvalue weighted by Gasteiger charge is -2.13. The van der Waals surface area contributed by atoms with Crippen molar-refractivity contribution in [3.05, 3.63) is 29.3 Å². The van der Waals surface area contributed by atoms with Crippen LogP contribution in [0.2, 0.25) is 5.02 Å². The number of halogens is 1. The molecule has 1 aliphatic carbocycles. The molecule has 21 heavy (non-hydrogen) atoms. The summed E-state index contributed by atoms with van der Waals surface area (Å²) in [5.74, 6) is 0.0702. The molecule has 0 heterocycles. The predicted octanol–water partition coefficient (Wildman–Crippen LogP) is 2.18. The third-order valence-electron chi connectivity index (χ3n) is 3.26. The van der Waals surface area contributed by atoms with Gasteiger partial charge in [0.25, 0.3) is 5.91 Å². The van der Waals surface area contributed by atoms with Gasteiger partial charge in [0.1, 0.15) is 5.75 Å². The van der Waals surface area contributed by atoms with Gasteiger partial charge in [-0.2, -0.15) is 0 Å². The van der Waals surface area contributed by atoms with E-state index in [2.05, 4.69) is 5.32 Å². The van der Waals surface area contributed by atoms with Crippen molar-refractivity contribution in [1.82, 2.24) is 5.32 Å². The zero-order valence-electron chi connectivity index (χ0n) is 11.8. The SMILES string of the molecule is C[C@@H](NC(=O)COC(=O)COc1ccccc1Cl)C1CC1. The number of hydrogen-bond donors (Lipinski definition) is 1. The van der Waals surface area contributed by atoms with Crippen molar-refractivity contribution in [2.24, 2.45) is 5.92 Å². The predicted molar refractivity (Wildman–Crippen MR) is 78.2 cm³/mol. The summed E-state index contributed by atoms with van der Waals surface area (Å²) in [6, 6.07) is 6.96. The van der Waals surface area contributed by atoms with Gasteiger partial charge in [0, 0.05) is 6.04 Å². The molecule has 2 rings (SSSR count). The lowest BCUT2D eigenvalue weighted by atomic mass is 10.2. The highest BCUT2D eigenvalue weighted by Gasteiger charge is 2.28. The van der Waals surface area contributed by atoms with Gasteiger partial charge in [-0.25, -0.2) is 4.79 Å². The lowest BCUT2D eigenvalue weighted by Crippen LogP contribution is -2.37. The van der Waals surface area contributed by atoms with Gasteiger partial charge in [0.15, 0.2) is 13.2 Å². The molecule has 114 valence electrons. The number of para-hydroxylation sites is 1. The summed E-state index contributed by atoms with van der Waals surface area (Å²) in [5.41, 5.74) is 0. The van der Waals surface area contributed by atoms with E-state index < -0.39 is 5.97 Å². The van der Waals surface area contributed by atoms with Crippen LogP contribution in [0.1, 0.15) is 19.8 Å². The van der Waals surface area contributed by atoms with Crippen LogP contribution >= 0.6 is 11.6 Å². The summed E-state index contributed by atoms with van der Waals surface area (Å²) < 4.78 is 10.1. The van der Waals surface area contributed by atoms with E-state index in [1.807, 2.05) is 6.92 Å². The minimum Gasteiger partial charge on any atom is -0.480 e. The van der Waals surface area contributed by atoms with Crippen LogP contribution in [0, 0.1) is 5.92 Å². The standard InChI is InChI=1S/C15H18ClNO4/c1-10(11-6-7-11)17-14(18)8-21-15(19)9-20-13-5-3-2-4-12(13)16/h2-5,10-11H,6-9H2,1H3,(H,17,18)/t10-/m1/s1. The summed E-state index contributed by atoms with van der Waals surface area (Å²) in [6.45, 7) is 1.38. The maximum Gasteiger partial charge on any atom is 0.344 e. The fourth-order valence-corrected chi connectivity index (χ4v) is 2.09. The van der Waals surface area contributed by atoms with Crippen molar-refractivity contribution in [2.75, 3.05) is 13.2 Å².